The Morgan fingerprint density at radius 1 is 1.35 bits per heavy atom. The number of carbonyl (C=O) groups excluding carboxylic acids is 2. The Kier molecular flexibility index (Phi) is 6.62. The van der Waals surface area contributed by atoms with Crippen LogP contribution < -0.4 is 5.32 Å². The summed E-state index contributed by atoms with van der Waals surface area (Å²) in [5.41, 5.74) is 0.369. The molecule has 0 aliphatic heterocycles. The zero-order valence-corrected chi connectivity index (χ0v) is 9.99. The summed E-state index contributed by atoms with van der Waals surface area (Å²) in [6.45, 7) is 6.72. The molecule has 96 valence electrons. The highest BCUT2D eigenvalue weighted by Crippen LogP contribution is 1.95. The number of hydrogen-bond donors (Lipinski definition) is 2. The Balaban J connectivity index is 3.80. The molecule has 0 aromatic heterocycles. The molecule has 0 aromatic carbocycles. The van der Waals surface area contributed by atoms with Crippen LogP contribution in [-0.2, 0) is 19.1 Å². The quantitative estimate of drug-likeness (QED) is 0.501. The molecule has 0 rings (SSSR count). The normalized spacial score (nSPS) is 11.4. The van der Waals surface area contributed by atoms with Crippen molar-refractivity contribution in [2.45, 2.75) is 32.7 Å². The lowest BCUT2D eigenvalue weighted by Crippen LogP contribution is -2.36. The van der Waals surface area contributed by atoms with Crippen LogP contribution >= 0.6 is 0 Å². The van der Waals surface area contributed by atoms with Gasteiger partial charge in [0.25, 0.3) is 0 Å². The maximum absolute atomic E-state index is 11.2. The van der Waals surface area contributed by atoms with E-state index in [1.54, 1.807) is 13.8 Å². The molecule has 0 saturated heterocycles. The van der Waals surface area contributed by atoms with Gasteiger partial charge in [0.1, 0.15) is 6.61 Å². The van der Waals surface area contributed by atoms with Gasteiger partial charge in [0.2, 0.25) is 5.91 Å². The summed E-state index contributed by atoms with van der Waals surface area (Å²) >= 11 is 0. The average molecular weight is 243 g/mol. The van der Waals surface area contributed by atoms with Crippen molar-refractivity contribution in [1.29, 1.82) is 0 Å². The van der Waals surface area contributed by atoms with Gasteiger partial charge in [-0.25, -0.2) is 0 Å². The second-order valence-corrected chi connectivity index (χ2v) is 3.73. The molecule has 0 bridgehead atoms. The minimum Gasteiger partial charge on any atom is -0.481 e. The van der Waals surface area contributed by atoms with Crippen LogP contribution in [0.5, 0.6) is 0 Å². The fraction of sp³-hybridized carbons (Fsp3) is 0.545. The van der Waals surface area contributed by atoms with E-state index < -0.39 is 11.9 Å². The number of amides is 1. The minimum absolute atomic E-state index is 0.0114. The van der Waals surface area contributed by atoms with Crippen LogP contribution in [0.15, 0.2) is 12.2 Å². The van der Waals surface area contributed by atoms with Crippen molar-refractivity contribution in [3.63, 3.8) is 0 Å². The van der Waals surface area contributed by atoms with Gasteiger partial charge in [0, 0.05) is 5.57 Å². The monoisotopic (exact) mass is 243 g/mol. The fourth-order valence-electron chi connectivity index (χ4n) is 0.888. The summed E-state index contributed by atoms with van der Waals surface area (Å²) in [6, 6.07) is -0.340. The van der Waals surface area contributed by atoms with Crippen LogP contribution in [0.2, 0.25) is 0 Å². The fourth-order valence-corrected chi connectivity index (χ4v) is 0.888. The Hall–Kier alpha value is -1.85. The maximum Gasteiger partial charge on any atom is 0.306 e. The SMILES string of the molecule is C=C(C)C(=O)NC(C)COC(=O)CCC(=O)O. The number of ether oxygens (including phenoxy) is 1. The molecule has 2 N–H and O–H groups in total. The Bertz CT molecular complexity index is 324. The lowest BCUT2D eigenvalue weighted by molar-refractivity contribution is -0.148. The van der Waals surface area contributed by atoms with Crippen molar-refractivity contribution >= 4 is 17.8 Å². The lowest BCUT2D eigenvalue weighted by Gasteiger charge is -2.13. The smallest absolute Gasteiger partial charge is 0.306 e. The number of nitrogens with one attached hydrogen (secondary N) is 1. The van der Waals surface area contributed by atoms with E-state index >= 15 is 0 Å². The van der Waals surface area contributed by atoms with Gasteiger partial charge < -0.3 is 15.2 Å². The maximum atomic E-state index is 11.2. The molecule has 6 heteroatoms. The number of hydrogen-bond acceptors (Lipinski definition) is 4. The van der Waals surface area contributed by atoms with Crippen LogP contribution in [0, 0.1) is 0 Å². The standard InChI is InChI=1S/C11H17NO5/c1-7(2)11(16)12-8(3)6-17-10(15)5-4-9(13)14/h8H,1,4-6H2,2-3H3,(H,12,16)(H,13,14). The van der Waals surface area contributed by atoms with E-state index in [9.17, 15) is 14.4 Å². The van der Waals surface area contributed by atoms with E-state index in [-0.39, 0.29) is 31.4 Å². The van der Waals surface area contributed by atoms with Crippen LogP contribution in [0.4, 0.5) is 0 Å². The number of rotatable bonds is 7. The molecule has 0 heterocycles. The lowest BCUT2D eigenvalue weighted by atomic mass is 10.3. The first-order valence-electron chi connectivity index (χ1n) is 5.16. The number of carbonyl (C=O) groups is 3. The van der Waals surface area contributed by atoms with Crippen molar-refractivity contribution in [3.05, 3.63) is 12.2 Å². The number of esters is 1. The molecule has 17 heavy (non-hydrogen) atoms. The van der Waals surface area contributed by atoms with Crippen molar-refractivity contribution in [2.75, 3.05) is 6.61 Å². The van der Waals surface area contributed by atoms with Gasteiger partial charge in [-0.2, -0.15) is 0 Å². The molecular weight excluding hydrogens is 226 g/mol. The molecule has 1 atom stereocenters. The average Bonchev–Trinajstić information content (AvgIpc) is 2.23. The molecule has 0 aromatic rings. The topological polar surface area (TPSA) is 92.7 Å². The largest absolute Gasteiger partial charge is 0.481 e. The zero-order valence-electron chi connectivity index (χ0n) is 9.99. The van der Waals surface area contributed by atoms with Gasteiger partial charge in [0.05, 0.1) is 18.9 Å². The molecule has 0 aliphatic carbocycles. The number of carboxylic acid groups (broad SMARTS) is 1. The van der Waals surface area contributed by atoms with E-state index in [2.05, 4.69) is 11.9 Å². The summed E-state index contributed by atoms with van der Waals surface area (Å²) < 4.78 is 4.79. The highest BCUT2D eigenvalue weighted by Gasteiger charge is 2.11. The van der Waals surface area contributed by atoms with Gasteiger partial charge in [-0.15, -0.1) is 0 Å². The van der Waals surface area contributed by atoms with Crippen molar-refractivity contribution in [3.8, 4) is 0 Å². The van der Waals surface area contributed by atoms with Gasteiger partial charge in [-0.3, -0.25) is 14.4 Å². The zero-order chi connectivity index (χ0) is 13.4. The summed E-state index contributed by atoms with van der Waals surface area (Å²) in [4.78, 5) is 32.4. The van der Waals surface area contributed by atoms with E-state index in [1.165, 1.54) is 0 Å². The summed E-state index contributed by atoms with van der Waals surface area (Å²) in [5.74, 6) is -1.95. The van der Waals surface area contributed by atoms with Gasteiger partial charge in [-0.1, -0.05) is 6.58 Å². The van der Waals surface area contributed by atoms with E-state index in [1.807, 2.05) is 0 Å². The predicted molar refractivity (Wildman–Crippen MR) is 60.2 cm³/mol. The van der Waals surface area contributed by atoms with Crippen molar-refractivity contribution < 1.29 is 24.2 Å². The van der Waals surface area contributed by atoms with Gasteiger partial charge >= 0.3 is 11.9 Å². The molecular formula is C11H17NO5. The molecule has 0 fully saturated rings. The second kappa shape index (κ2) is 7.43. The van der Waals surface area contributed by atoms with Crippen molar-refractivity contribution in [1.82, 2.24) is 5.32 Å². The van der Waals surface area contributed by atoms with Crippen LogP contribution in [-0.4, -0.2) is 35.6 Å². The number of aliphatic carboxylic acids is 1. The molecule has 1 unspecified atom stereocenters. The van der Waals surface area contributed by atoms with Gasteiger partial charge in [-0.05, 0) is 13.8 Å². The van der Waals surface area contributed by atoms with E-state index in [0.29, 0.717) is 5.57 Å². The van der Waals surface area contributed by atoms with Crippen LogP contribution in [0.3, 0.4) is 0 Å². The van der Waals surface area contributed by atoms with Gasteiger partial charge in [0.15, 0.2) is 0 Å². The van der Waals surface area contributed by atoms with E-state index in [4.69, 9.17) is 9.84 Å². The first kappa shape index (κ1) is 15.2. The minimum atomic E-state index is -1.05. The third kappa shape index (κ3) is 8.01. The second-order valence-electron chi connectivity index (χ2n) is 3.73. The molecule has 0 spiro atoms. The number of carboxylic acids is 1. The third-order valence-corrected chi connectivity index (χ3v) is 1.80. The highest BCUT2D eigenvalue weighted by atomic mass is 16.5. The molecule has 1 amide bonds. The Morgan fingerprint density at radius 3 is 2.41 bits per heavy atom. The molecule has 0 radical (unpaired) electrons. The van der Waals surface area contributed by atoms with Crippen LogP contribution in [0.25, 0.3) is 0 Å². The summed E-state index contributed by atoms with van der Waals surface area (Å²) in [5, 5.41) is 10.9. The summed E-state index contributed by atoms with van der Waals surface area (Å²) in [6.07, 6.45) is -0.429. The molecule has 6 nitrogen and oxygen atoms in total. The first-order chi connectivity index (χ1) is 7.82. The summed E-state index contributed by atoms with van der Waals surface area (Å²) in [7, 11) is 0. The molecule has 0 aliphatic rings. The molecule has 0 saturated carbocycles. The van der Waals surface area contributed by atoms with Crippen molar-refractivity contribution in [2.24, 2.45) is 0 Å². The first-order valence-corrected chi connectivity index (χ1v) is 5.16. The Labute approximate surface area is 99.6 Å². The Morgan fingerprint density at radius 2 is 1.94 bits per heavy atom. The third-order valence-electron chi connectivity index (χ3n) is 1.80. The highest BCUT2D eigenvalue weighted by molar-refractivity contribution is 5.92. The van der Waals surface area contributed by atoms with E-state index in [0.717, 1.165) is 0 Å². The predicted octanol–water partition coefficient (Wildman–Crippen LogP) is 0.475. The van der Waals surface area contributed by atoms with Crippen LogP contribution in [0.1, 0.15) is 26.7 Å².